The second-order valence-corrected chi connectivity index (χ2v) is 7.30. The van der Waals surface area contributed by atoms with E-state index in [1.54, 1.807) is 6.07 Å². The maximum atomic E-state index is 14.5. The Bertz CT molecular complexity index is 593. The molecule has 0 amide bonds. The molecular formula is C18H23ClFNO2. The molecule has 1 aliphatic heterocycles. The Morgan fingerprint density at radius 1 is 1.35 bits per heavy atom. The van der Waals surface area contributed by atoms with Crippen molar-refractivity contribution in [1.82, 2.24) is 0 Å². The molecule has 0 radical (unpaired) electrons. The van der Waals surface area contributed by atoms with Gasteiger partial charge >= 0.3 is 0 Å². The van der Waals surface area contributed by atoms with Gasteiger partial charge in [-0.05, 0) is 44.6 Å². The number of nitrogens with zero attached hydrogens (tertiary/aromatic N) is 1. The Hall–Kier alpha value is -1.29. The van der Waals surface area contributed by atoms with Gasteiger partial charge in [-0.1, -0.05) is 24.4 Å². The number of anilines is 1. The van der Waals surface area contributed by atoms with Crippen molar-refractivity contribution in [2.24, 2.45) is 11.8 Å². The molecule has 5 heteroatoms. The first-order valence-electron chi connectivity index (χ1n) is 8.39. The van der Waals surface area contributed by atoms with Crippen molar-refractivity contribution in [2.75, 3.05) is 11.4 Å². The SMILES string of the molecule is CC(C)Oc1cc(N2CC3CCCCC3C2C=O)c(F)cc1Cl. The lowest BCUT2D eigenvalue weighted by molar-refractivity contribution is -0.109. The van der Waals surface area contributed by atoms with E-state index < -0.39 is 5.82 Å². The molecule has 23 heavy (non-hydrogen) atoms. The number of aldehydes is 1. The van der Waals surface area contributed by atoms with E-state index in [0.29, 0.717) is 23.3 Å². The number of halogens is 2. The summed E-state index contributed by atoms with van der Waals surface area (Å²) in [5.41, 5.74) is 0.427. The molecule has 3 atom stereocenters. The average Bonchev–Trinajstić information content (AvgIpc) is 2.87. The lowest BCUT2D eigenvalue weighted by Crippen LogP contribution is -2.35. The van der Waals surface area contributed by atoms with Crippen LogP contribution in [0.3, 0.4) is 0 Å². The molecule has 126 valence electrons. The summed E-state index contributed by atoms with van der Waals surface area (Å²) in [6.07, 6.45) is 5.46. The van der Waals surface area contributed by atoms with Crippen LogP contribution < -0.4 is 9.64 Å². The minimum Gasteiger partial charge on any atom is -0.489 e. The number of hydrogen-bond acceptors (Lipinski definition) is 3. The summed E-state index contributed by atoms with van der Waals surface area (Å²) in [4.78, 5) is 13.6. The van der Waals surface area contributed by atoms with Crippen LogP contribution in [-0.2, 0) is 4.79 Å². The van der Waals surface area contributed by atoms with Gasteiger partial charge in [-0.25, -0.2) is 4.39 Å². The van der Waals surface area contributed by atoms with Gasteiger partial charge in [0.2, 0.25) is 0 Å². The monoisotopic (exact) mass is 339 g/mol. The molecule has 3 unspecified atom stereocenters. The zero-order valence-corrected chi connectivity index (χ0v) is 14.4. The van der Waals surface area contributed by atoms with Crippen LogP contribution in [0.4, 0.5) is 10.1 Å². The molecule has 1 heterocycles. The third-order valence-electron chi connectivity index (χ3n) is 5.01. The third kappa shape index (κ3) is 3.18. The first kappa shape index (κ1) is 16.6. The van der Waals surface area contributed by atoms with E-state index in [-0.39, 0.29) is 17.2 Å². The van der Waals surface area contributed by atoms with Crippen LogP contribution in [0.1, 0.15) is 39.5 Å². The quantitative estimate of drug-likeness (QED) is 0.758. The van der Waals surface area contributed by atoms with Crippen LogP contribution in [0.5, 0.6) is 5.75 Å². The maximum Gasteiger partial charge on any atom is 0.148 e. The van der Waals surface area contributed by atoms with Crippen LogP contribution in [0, 0.1) is 17.7 Å². The predicted molar refractivity (Wildman–Crippen MR) is 89.8 cm³/mol. The number of benzene rings is 1. The fraction of sp³-hybridized carbons (Fsp3) is 0.611. The summed E-state index contributed by atoms with van der Waals surface area (Å²) in [6.45, 7) is 4.53. The minimum atomic E-state index is -0.392. The summed E-state index contributed by atoms with van der Waals surface area (Å²) >= 11 is 6.09. The van der Waals surface area contributed by atoms with Crippen molar-refractivity contribution in [3.05, 3.63) is 23.0 Å². The van der Waals surface area contributed by atoms with Crippen LogP contribution >= 0.6 is 11.6 Å². The lowest BCUT2D eigenvalue weighted by Gasteiger charge is -2.28. The van der Waals surface area contributed by atoms with Gasteiger partial charge in [-0.15, -0.1) is 0 Å². The molecule has 0 aromatic heterocycles. The second kappa shape index (κ2) is 6.68. The Morgan fingerprint density at radius 2 is 2.09 bits per heavy atom. The van der Waals surface area contributed by atoms with Crippen molar-refractivity contribution >= 4 is 23.6 Å². The topological polar surface area (TPSA) is 29.5 Å². The molecule has 0 bridgehead atoms. The maximum absolute atomic E-state index is 14.5. The molecule has 0 N–H and O–H groups in total. The van der Waals surface area contributed by atoms with Crippen molar-refractivity contribution < 1.29 is 13.9 Å². The molecule has 2 fully saturated rings. The van der Waals surface area contributed by atoms with Crippen molar-refractivity contribution in [1.29, 1.82) is 0 Å². The number of carbonyl (C=O) groups is 1. The summed E-state index contributed by atoms with van der Waals surface area (Å²) < 4.78 is 20.2. The molecule has 1 saturated carbocycles. The van der Waals surface area contributed by atoms with E-state index in [9.17, 15) is 9.18 Å². The second-order valence-electron chi connectivity index (χ2n) is 6.89. The van der Waals surface area contributed by atoms with Gasteiger partial charge in [-0.3, -0.25) is 0 Å². The molecular weight excluding hydrogens is 317 g/mol. The van der Waals surface area contributed by atoms with E-state index in [1.807, 2.05) is 18.7 Å². The van der Waals surface area contributed by atoms with Crippen LogP contribution in [0.25, 0.3) is 0 Å². The molecule has 0 spiro atoms. The van der Waals surface area contributed by atoms with Gasteiger partial charge in [0, 0.05) is 12.6 Å². The van der Waals surface area contributed by atoms with Gasteiger partial charge in [0.15, 0.2) is 0 Å². The first-order chi connectivity index (χ1) is 11.0. The molecule has 1 aromatic carbocycles. The van der Waals surface area contributed by atoms with E-state index in [2.05, 4.69) is 0 Å². The molecule has 1 aromatic rings. The van der Waals surface area contributed by atoms with Crippen molar-refractivity contribution in [3.63, 3.8) is 0 Å². The largest absolute Gasteiger partial charge is 0.489 e. The van der Waals surface area contributed by atoms with E-state index in [0.717, 1.165) is 32.1 Å². The van der Waals surface area contributed by atoms with Gasteiger partial charge in [-0.2, -0.15) is 0 Å². The summed E-state index contributed by atoms with van der Waals surface area (Å²) in [5, 5.41) is 0.263. The Morgan fingerprint density at radius 3 is 2.78 bits per heavy atom. The first-order valence-corrected chi connectivity index (χ1v) is 8.76. The third-order valence-corrected chi connectivity index (χ3v) is 5.31. The van der Waals surface area contributed by atoms with Crippen molar-refractivity contribution in [2.45, 2.75) is 51.7 Å². The number of carbonyl (C=O) groups excluding carboxylic acids is 1. The number of hydrogen-bond donors (Lipinski definition) is 0. The van der Waals surface area contributed by atoms with Gasteiger partial charge in [0.1, 0.15) is 17.9 Å². The Kier molecular flexibility index (Phi) is 4.81. The van der Waals surface area contributed by atoms with E-state index >= 15 is 0 Å². The highest BCUT2D eigenvalue weighted by atomic mass is 35.5. The van der Waals surface area contributed by atoms with Crippen molar-refractivity contribution in [3.8, 4) is 5.75 Å². The average molecular weight is 340 g/mol. The van der Waals surface area contributed by atoms with E-state index in [1.165, 1.54) is 12.5 Å². The highest BCUT2D eigenvalue weighted by Crippen LogP contribution is 2.44. The fourth-order valence-corrected chi connectivity index (χ4v) is 4.23. The smallest absolute Gasteiger partial charge is 0.148 e. The normalized spacial score (nSPS) is 27.2. The number of rotatable bonds is 4. The molecule has 1 aliphatic carbocycles. The molecule has 3 rings (SSSR count). The zero-order chi connectivity index (χ0) is 16.6. The standard InChI is InChI=1S/C18H23ClFNO2/c1-11(2)23-18-8-16(15(20)7-14(18)19)21-9-12-5-3-4-6-13(12)17(21)10-22/h7-8,10-13,17H,3-6,9H2,1-2H3. The summed E-state index contributed by atoms with van der Waals surface area (Å²) in [7, 11) is 0. The van der Waals surface area contributed by atoms with Gasteiger partial charge < -0.3 is 14.4 Å². The molecule has 2 aliphatic rings. The van der Waals surface area contributed by atoms with Crippen LogP contribution in [0.15, 0.2) is 12.1 Å². The highest BCUT2D eigenvalue weighted by molar-refractivity contribution is 6.32. The number of ether oxygens (including phenoxy) is 1. The van der Waals surface area contributed by atoms with Crippen LogP contribution in [0.2, 0.25) is 5.02 Å². The Labute approximate surface area is 141 Å². The summed E-state index contributed by atoms with van der Waals surface area (Å²) in [5.74, 6) is 0.892. The predicted octanol–water partition coefficient (Wildman–Crippen LogP) is 4.46. The van der Waals surface area contributed by atoms with E-state index in [4.69, 9.17) is 16.3 Å². The molecule has 1 saturated heterocycles. The zero-order valence-electron chi connectivity index (χ0n) is 13.6. The fourth-order valence-electron chi connectivity index (χ4n) is 4.03. The lowest BCUT2D eigenvalue weighted by atomic mass is 9.79. The number of fused-ring (bicyclic) bond motifs is 1. The molecule has 3 nitrogen and oxygen atoms in total. The van der Waals surface area contributed by atoms with Gasteiger partial charge in [0.05, 0.1) is 22.9 Å². The summed E-state index contributed by atoms with van der Waals surface area (Å²) in [6, 6.07) is 2.69. The Balaban J connectivity index is 1.95. The highest BCUT2D eigenvalue weighted by Gasteiger charge is 2.43. The van der Waals surface area contributed by atoms with Crippen LogP contribution in [-0.4, -0.2) is 25.0 Å². The minimum absolute atomic E-state index is 0.0474. The van der Waals surface area contributed by atoms with Gasteiger partial charge in [0.25, 0.3) is 0 Å².